The Morgan fingerprint density at radius 3 is 2.81 bits per heavy atom. The van der Waals surface area contributed by atoms with Crippen molar-refractivity contribution in [3.05, 3.63) is 22.4 Å². The summed E-state index contributed by atoms with van der Waals surface area (Å²) in [5.74, 6) is 0.206. The maximum atomic E-state index is 11.9. The van der Waals surface area contributed by atoms with Crippen LogP contribution in [0.3, 0.4) is 0 Å². The number of nitrogens with zero attached hydrogens (tertiary/aromatic N) is 1. The van der Waals surface area contributed by atoms with Gasteiger partial charge >= 0.3 is 0 Å². The molecule has 1 aliphatic heterocycles. The minimum Gasteiger partial charge on any atom is -0.384 e. The summed E-state index contributed by atoms with van der Waals surface area (Å²) in [4.78, 5) is 25.7. The van der Waals surface area contributed by atoms with E-state index >= 15 is 0 Å². The molecule has 2 heterocycles. The quantitative estimate of drug-likeness (QED) is 0.865. The molecule has 1 aromatic rings. The number of rotatable bonds is 6. The monoisotopic (exact) mass is 310 g/mol. The van der Waals surface area contributed by atoms with Crippen molar-refractivity contribution < 1.29 is 14.3 Å². The van der Waals surface area contributed by atoms with E-state index in [0.717, 1.165) is 18.4 Å². The standard InChI is InChI=1S/C15H22N2O3S/c1-20-8-4-15(19)17-6-2-13(3-7-17)16-14(18)10-12-5-9-21-11-12/h5,9,11,13H,2-4,6-8,10H2,1H3,(H,16,18). The van der Waals surface area contributed by atoms with E-state index in [-0.39, 0.29) is 17.9 Å². The lowest BCUT2D eigenvalue weighted by molar-refractivity contribution is -0.133. The lowest BCUT2D eigenvalue weighted by Crippen LogP contribution is -2.47. The average molecular weight is 310 g/mol. The van der Waals surface area contributed by atoms with Crippen molar-refractivity contribution in [1.82, 2.24) is 10.2 Å². The van der Waals surface area contributed by atoms with Gasteiger partial charge in [0.05, 0.1) is 19.4 Å². The second kappa shape index (κ2) is 8.14. The summed E-state index contributed by atoms with van der Waals surface area (Å²) in [5, 5.41) is 7.04. The van der Waals surface area contributed by atoms with Crippen LogP contribution in [0.4, 0.5) is 0 Å². The van der Waals surface area contributed by atoms with Crippen LogP contribution >= 0.6 is 11.3 Å². The molecule has 0 aliphatic carbocycles. The first kappa shape index (κ1) is 16.0. The number of likely N-dealkylation sites (tertiary alicyclic amines) is 1. The number of nitrogens with one attached hydrogen (secondary N) is 1. The maximum absolute atomic E-state index is 11.9. The van der Waals surface area contributed by atoms with Crippen LogP contribution < -0.4 is 5.32 Å². The highest BCUT2D eigenvalue weighted by Crippen LogP contribution is 2.12. The minimum atomic E-state index is 0.0672. The lowest BCUT2D eigenvalue weighted by atomic mass is 10.0. The van der Waals surface area contributed by atoms with Crippen molar-refractivity contribution in [1.29, 1.82) is 0 Å². The van der Waals surface area contributed by atoms with E-state index in [9.17, 15) is 9.59 Å². The van der Waals surface area contributed by atoms with Gasteiger partial charge in [0.2, 0.25) is 11.8 Å². The molecule has 1 aliphatic rings. The van der Waals surface area contributed by atoms with Gasteiger partial charge in [0.1, 0.15) is 0 Å². The Bertz CT molecular complexity index is 453. The zero-order chi connectivity index (χ0) is 15.1. The van der Waals surface area contributed by atoms with Crippen molar-refractivity contribution in [3.63, 3.8) is 0 Å². The van der Waals surface area contributed by atoms with Crippen LogP contribution in [0.5, 0.6) is 0 Å². The van der Waals surface area contributed by atoms with Crippen LogP contribution in [0.15, 0.2) is 16.8 Å². The number of carbonyl (C=O) groups is 2. The number of ether oxygens (including phenoxy) is 1. The molecule has 0 saturated carbocycles. The van der Waals surface area contributed by atoms with Crippen molar-refractivity contribution in [2.24, 2.45) is 0 Å². The van der Waals surface area contributed by atoms with E-state index in [1.165, 1.54) is 0 Å². The molecule has 0 spiro atoms. The topological polar surface area (TPSA) is 58.6 Å². The number of hydrogen-bond donors (Lipinski definition) is 1. The summed E-state index contributed by atoms with van der Waals surface area (Å²) in [6.07, 6.45) is 2.53. The van der Waals surface area contributed by atoms with Crippen LogP contribution in [0, 0.1) is 0 Å². The van der Waals surface area contributed by atoms with Gasteiger partial charge in [-0.3, -0.25) is 9.59 Å². The van der Waals surface area contributed by atoms with E-state index in [0.29, 0.717) is 32.5 Å². The first-order valence-electron chi connectivity index (χ1n) is 7.26. The smallest absolute Gasteiger partial charge is 0.224 e. The molecular formula is C15H22N2O3S. The molecule has 5 nitrogen and oxygen atoms in total. The molecule has 0 unspecified atom stereocenters. The number of hydrogen-bond acceptors (Lipinski definition) is 4. The average Bonchev–Trinajstić information content (AvgIpc) is 2.98. The van der Waals surface area contributed by atoms with Crippen molar-refractivity contribution >= 4 is 23.2 Å². The van der Waals surface area contributed by atoms with Crippen LogP contribution in [0.25, 0.3) is 0 Å². The molecule has 0 atom stereocenters. The normalized spacial score (nSPS) is 16.0. The van der Waals surface area contributed by atoms with E-state index in [4.69, 9.17) is 4.74 Å². The zero-order valence-corrected chi connectivity index (χ0v) is 13.2. The van der Waals surface area contributed by atoms with Gasteiger partial charge in [-0.1, -0.05) is 0 Å². The second-order valence-electron chi connectivity index (χ2n) is 5.27. The molecule has 0 bridgehead atoms. The number of carbonyl (C=O) groups excluding carboxylic acids is 2. The van der Waals surface area contributed by atoms with Gasteiger partial charge < -0.3 is 15.0 Å². The fraction of sp³-hybridized carbons (Fsp3) is 0.600. The Morgan fingerprint density at radius 2 is 2.19 bits per heavy atom. The van der Waals surface area contributed by atoms with Gasteiger partial charge in [-0.2, -0.15) is 11.3 Å². The third-order valence-corrected chi connectivity index (χ3v) is 4.41. The van der Waals surface area contributed by atoms with Crippen molar-refractivity contribution in [2.75, 3.05) is 26.8 Å². The summed E-state index contributed by atoms with van der Waals surface area (Å²) >= 11 is 1.60. The van der Waals surface area contributed by atoms with E-state index < -0.39 is 0 Å². The Kier molecular flexibility index (Phi) is 6.20. The lowest BCUT2D eigenvalue weighted by Gasteiger charge is -2.32. The predicted octanol–water partition coefficient (Wildman–Crippen LogP) is 1.43. The SMILES string of the molecule is COCCC(=O)N1CCC(NC(=O)Cc2ccsc2)CC1. The molecule has 116 valence electrons. The van der Waals surface area contributed by atoms with Crippen LogP contribution in [-0.4, -0.2) is 49.6 Å². The fourth-order valence-electron chi connectivity index (χ4n) is 2.48. The van der Waals surface area contributed by atoms with E-state index in [1.807, 2.05) is 21.7 Å². The summed E-state index contributed by atoms with van der Waals surface area (Å²) in [7, 11) is 1.60. The Morgan fingerprint density at radius 1 is 1.43 bits per heavy atom. The van der Waals surface area contributed by atoms with E-state index in [1.54, 1.807) is 18.4 Å². The molecule has 1 saturated heterocycles. The molecule has 1 fully saturated rings. The van der Waals surface area contributed by atoms with Crippen LogP contribution in [0.1, 0.15) is 24.8 Å². The number of piperidine rings is 1. The first-order valence-corrected chi connectivity index (χ1v) is 8.20. The Labute approximate surface area is 129 Å². The minimum absolute atomic E-state index is 0.0672. The highest BCUT2D eigenvalue weighted by Gasteiger charge is 2.23. The van der Waals surface area contributed by atoms with Gasteiger partial charge in [-0.05, 0) is 35.2 Å². The largest absolute Gasteiger partial charge is 0.384 e. The number of amides is 2. The molecular weight excluding hydrogens is 288 g/mol. The fourth-order valence-corrected chi connectivity index (χ4v) is 3.15. The molecule has 6 heteroatoms. The number of methoxy groups -OCH3 is 1. The Hall–Kier alpha value is -1.40. The van der Waals surface area contributed by atoms with Crippen molar-refractivity contribution in [3.8, 4) is 0 Å². The maximum Gasteiger partial charge on any atom is 0.224 e. The number of thiophene rings is 1. The molecule has 1 N–H and O–H groups in total. The first-order chi connectivity index (χ1) is 10.2. The van der Waals surface area contributed by atoms with Gasteiger partial charge in [0.25, 0.3) is 0 Å². The van der Waals surface area contributed by atoms with Gasteiger partial charge in [0.15, 0.2) is 0 Å². The highest BCUT2D eigenvalue weighted by molar-refractivity contribution is 7.07. The molecule has 0 aromatic carbocycles. The third-order valence-electron chi connectivity index (χ3n) is 3.68. The zero-order valence-electron chi connectivity index (χ0n) is 12.3. The van der Waals surface area contributed by atoms with Gasteiger partial charge in [0, 0.05) is 26.2 Å². The third kappa shape index (κ3) is 5.13. The Balaban J connectivity index is 1.69. The van der Waals surface area contributed by atoms with Crippen LogP contribution in [-0.2, 0) is 20.7 Å². The van der Waals surface area contributed by atoms with E-state index in [2.05, 4.69) is 5.32 Å². The summed E-state index contributed by atoms with van der Waals surface area (Å²) in [6.45, 7) is 1.90. The summed E-state index contributed by atoms with van der Waals surface area (Å²) < 4.78 is 4.92. The van der Waals surface area contributed by atoms with Crippen LogP contribution in [0.2, 0.25) is 0 Å². The molecule has 2 amide bonds. The summed E-state index contributed by atoms with van der Waals surface area (Å²) in [6, 6.07) is 2.16. The van der Waals surface area contributed by atoms with Crippen molar-refractivity contribution in [2.45, 2.75) is 31.7 Å². The van der Waals surface area contributed by atoms with Gasteiger partial charge in [-0.15, -0.1) is 0 Å². The molecule has 1 aromatic heterocycles. The second-order valence-corrected chi connectivity index (χ2v) is 6.05. The summed E-state index contributed by atoms with van der Waals surface area (Å²) in [5.41, 5.74) is 1.06. The molecule has 2 rings (SSSR count). The molecule has 21 heavy (non-hydrogen) atoms. The highest BCUT2D eigenvalue weighted by atomic mass is 32.1. The predicted molar refractivity (Wildman–Crippen MR) is 82.3 cm³/mol. The van der Waals surface area contributed by atoms with Gasteiger partial charge in [-0.25, -0.2) is 0 Å². The molecule has 0 radical (unpaired) electrons.